The average molecular weight is 287 g/mol. The summed E-state index contributed by atoms with van der Waals surface area (Å²) < 4.78 is 46.3. The fourth-order valence-electron chi connectivity index (χ4n) is 1.53. The Labute approximate surface area is 112 Å². The number of nitrogen functional groups attached to an aromatic ring is 1. The average Bonchev–Trinajstić information content (AvgIpc) is 2.83. The lowest BCUT2D eigenvalue weighted by molar-refractivity contribution is 0.0182. The van der Waals surface area contributed by atoms with Crippen molar-refractivity contribution in [2.75, 3.05) is 18.9 Å². The topological polar surface area (TPSA) is 74.2 Å². The maximum atomic E-state index is 12.9. The van der Waals surface area contributed by atoms with Gasteiger partial charge in [-0.1, -0.05) is 5.16 Å². The normalized spacial score (nSPS) is 11.2. The van der Waals surface area contributed by atoms with Crippen LogP contribution in [0.15, 0.2) is 22.7 Å². The zero-order valence-corrected chi connectivity index (χ0v) is 10.4. The van der Waals surface area contributed by atoms with E-state index in [0.717, 1.165) is 6.07 Å². The van der Waals surface area contributed by atoms with E-state index in [1.807, 2.05) is 0 Å². The van der Waals surface area contributed by atoms with Crippen LogP contribution in [0.2, 0.25) is 0 Å². The van der Waals surface area contributed by atoms with Gasteiger partial charge >= 0.3 is 0 Å². The molecule has 1 aromatic heterocycles. The highest BCUT2D eigenvalue weighted by Crippen LogP contribution is 2.24. The molecule has 5 nitrogen and oxygen atoms in total. The molecule has 2 rings (SSSR count). The Bertz CT molecular complexity index is 575. The molecule has 0 bridgehead atoms. The predicted molar refractivity (Wildman–Crippen MR) is 64.6 cm³/mol. The van der Waals surface area contributed by atoms with Gasteiger partial charge in [0, 0.05) is 12.1 Å². The van der Waals surface area contributed by atoms with Crippen molar-refractivity contribution in [3.05, 3.63) is 29.8 Å². The minimum atomic E-state index is -2.50. The molecule has 20 heavy (non-hydrogen) atoms. The highest BCUT2D eigenvalue weighted by atomic mass is 19.3. The molecule has 0 unspecified atom stereocenters. The zero-order chi connectivity index (χ0) is 14.5. The Balaban J connectivity index is 1.98. The maximum absolute atomic E-state index is 12.9. The van der Waals surface area contributed by atoms with Crippen LogP contribution >= 0.6 is 0 Å². The SMILES string of the molecule is Nc1cc(F)ccc1-c1nc(CCOCC(F)F)no1. The van der Waals surface area contributed by atoms with Gasteiger partial charge in [-0.25, -0.2) is 13.2 Å². The molecule has 2 aromatic rings. The first-order valence-electron chi connectivity index (χ1n) is 5.80. The van der Waals surface area contributed by atoms with Crippen molar-refractivity contribution < 1.29 is 22.4 Å². The smallest absolute Gasteiger partial charge is 0.261 e. The standard InChI is InChI=1S/C12H12F3N3O2/c13-7-1-2-8(9(16)5-7)12-17-11(18-20-12)3-4-19-6-10(14)15/h1-2,5,10H,3-4,6,16H2. The number of anilines is 1. The first-order valence-corrected chi connectivity index (χ1v) is 5.80. The molecular weight excluding hydrogens is 275 g/mol. The third-order valence-electron chi connectivity index (χ3n) is 2.43. The largest absolute Gasteiger partial charge is 0.398 e. The summed E-state index contributed by atoms with van der Waals surface area (Å²) in [6.45, 7) is -0.572. The Morgan fingerprint density at radius 1 is 1.35 bits per heavy atom. The lowest BCUT2D eigenvalue weighted by Gasteiger charge is -2.00. The van der Waals surface area contributed by atoms with Crippen LogP contribution in [0, 0.1) is 5.82 Å². The Morgan fingerprint density at radius 2 is 2.15 bits per heavy atom. The molecule has 0 aliphatic heterocycles. The lowest BCUT2D eigenvalue weighted by Crippen LogP contribution is -2.07. The molecule has 0 aliphatic carbocycles. The summed E-state index contributed by atoms with van der Waals surface area (Å²) in [4.78, 5) is 4.04. The lowest BCUT2D eigenvalue weighted by atomic mass is 10.2. The van der Waals surface area contributed by atoms with Crippen LogP contribution in [0.1, 0.15) is 5.82 Å². The molecule has 0 fully saturated rings. The quantitative estimate of drug-likeness (QED) is 0.651. The van der Waals surface area contributed by atoms with E-state index in [4.69, 9.17) is 15.0 Å². The van der Waals surface area contributed by atoms with Crippen LogP contribution in [0.5, 0.6) is 0 Å². The van der Waals surface area contributed by atoms with Crippen LogP contribution in [-0.4, -0.2) is 29.8 Å². The zero-order valence-electron chi connectivity index (χ0n) is 10.4. The monoisotopic (exact) mass is 287 g/mol. The van der Waals surface area contributed by atoms with Crippen molar-refractivity contribution >= 4 is 5.69 Å². The van der Waals surface area contributed by atoms with E-state index in [0.29, 0.717) is 11.4 Å². The highest BCUT2D eigenvalue weighted by molar-refractivity contribution is 5.70. The van der Waals surface area contributed by atoms with Crippen LogP contribution in [0.4, 0.5) is 18.9 Å². The fourth-order valence-corrected chi connectivity index (χ4v) is 1.53. The van der Waals surface area contributed by atoms with Crippen molar-refractivity contribution in [1.29, 1.82) is 0 Å². The molecular formula is C12H12F3N3O2. The molecule has 2 N–H and O–H groups in total. The molecule has 1 aromatic carbocycles. The van der Waals surface area contributed by atoms with E-state index < -0.39 is 18.8 Å². The number of hydrogen-bond acceptors (Lipinski definition) is 5. The summed E-state index contributed by atoms with van der Waals surface area (Å²) in [6.07, 6.45) is -2.27. The second-order valence-corrected chi connectivity index (χ2v) is 3.96. The van der Waals surface area contributed by atoms with Gasteiger partial charge in [0.25, 0.3) is 12.3 Å². The highest BCUT2D eigenvalue weighted by Gasteiger charge is 2.12. The van der Waals surface area contributed by atoms with Crippen LogP contribution in [0.25, 0.3) is 11.5 Å². The third kappa shape index (κ3) is 3.70. The fraction of sp³-hybridized carbons (Fsp3) is 0.333. The summed E-state index contributed by atoms with van der Waals surface area (Å²) in [5.41, 5.74) is 6.23. The van der Waals surface area contributed by atoms with Crippen LogP contribution in [-0.2, 0) is 11.2 Å². The molecule has 108 valence electrons. The Morgan fingerprint density at radius 3 is 2.85 bits per heavy atom. The van der Waals surface area contributed by atoms with Crippen molar-refractivity contribution in [3.8, 4) is 11.5 Å². The second-order valence-electron chi connectivity index (χ2n) is 3.96. The van der Waals surface area contributed by atoms with E-state index in [9.17, 15) is 13.2 Å². The first kappa shape index (κ1) is 14.3. The van der Waals surface area contributed by atoms with Crippen molar-refractivity contribution in [2.24, 2.45) is 0 Å². The van der Waals surface area contributed by atoms with Crippen molar-refractivity contribution in [3.63, 3.8) is 0 Å². The first-order chi connectivity index (χ1) is 9.56. The second kappa shape index (κ2) is 6.38. The molecule has 8 heteroatoms. The van der Waals surface area contributed by atoms with Crippen LogP contribution < -0.4 is 5.73 Å². The summed E-state index contributed by atoms with van der Waals surface area (Å²) in [7, 11) is 0. The Kier molecular flexibility index (Phi) is 4.57. The number of benzene rings is 1. The van der Waals surface area contributed by atoms with Gasteiger partial charge in [-0.15, -0.1) is 0 Å². The summed E-state index contributed by atoms with van der Waals surface area (Å²) in [5, 5.41) is 3.67. The third-order valence-corrected chi connectivity index (χ3v) is 2.43. The van der Waals surface area contributed by atoms with E-state index >= 15 is 0 Å². The number of halogens is 3. The molecule has 0 saturated heterocycles. The molecule has 0 spiro atoms. The maximum Gasteiger partial charge on any atom is 0.261 e. The number of alkyl halides is 2. The number of hydrogen-bond donors (Lipinski definition) is 1. The summed E-state index contributed by atoms with van der Waals surface area (Å²) in [5.74, 6) is -0.0178. The number of rotatable bonds is 6. The minimum Gasteiger partial charge on any atom is -0.398 e. The summed E-state index contributed by atoms with van der Waals surface area (Å²) >= 11 is 0. The summed E-state index contributed by atoms with van der Waals surface area (Å²) in [6, 6.07) is 3.79. The molecule has 0 aliphatic rings. The van der Waals surface area contributed by atoms with E-state index in [2.05, 4.69) is 10.1 Å². The van der Waals surface area contributed by atoms with Gasteiger partial charge in [0.1, 0.15) is 12.4 Å². The molecule has 0 radical (unpaired) electrons. The molecule has 0 saturated carbocycles. The van der Waals surface area contributed by atoms with Gasteiger partial charge in [0.2, 0.25) is 0 Å². The van der Waals surface area contributed by atoms with Gasteiger partial charge in [-0.3, -0.25) is 0 Å². The van der Waals surface area contributed by atoms with E-state index in [-0.39, 0.29) is 24.6 Å². The van der Waals surface area contributed by atoms with Gasteiger partial charge < -0.3 is 15.0 Å². The Hall–Kier alpha value is -2.09. The minimum absolute atomic E-state index is 0.0578. The van der Waals surface area contributed by atoms with Crippen molar-refractivity contribution in [1.82, 2.24) is 10.1 Å². The molecule has 1 heterocycles. The number of nitrogens with two attached hydrogens (primary N) is 1. The molecule has 0 atom stereocenters. The van der Waals surface area contributed by atoms with Crippen LogP contribution in [0.3, 0.4) is 0 Å². The van der Waals surface area contributed by atoms with E-state index in [1.165, 1.54) is 12.1 Å². The van der Waals surface area contributed by atoms with Crippen molar-refractivity contribution in [2.45, 2.75) is 12.8 Å². The van der Waals surface area contributed by atoms with Gasteiger partial charge in [-0.2, -0.15) is 4.98 Å². The number of nitrogens with zero attached hydrogens (tertiary/aromatic N) is 2. The van der Waals surface area contributed by atoms with Gasteiger partial charge in [-0.05, 0) is 18.2 Å². The number of aromatic nitrogens is 2. The predicted octanol–water partition coefficient (Wildman–Crippen LogP) is 2.28. The number of ether oxygens (including phenoxy) is 1. The molecule has 0 amide bonds. The van der Waals surface area contributed by atoms with E-state index in [1.54, 1.807) is 0 Å². The van der Waals surface area contributed by atoms with Gasteiger partial charge in [0.05, 0.1) is 12.2 Å². The van der Waals surface area contributed by atoms with Gasteiger partial charge in [0.15, 0.2) is 5.82 Å².